The van der Waals surface area contributed by atoms with Crippen molar-refractivity contribution in [1.29, 1.82) is 0 Å². The fraction of sp³-hybridized carbons (Fsp3) is 0.333. The number of amides is 2. The van der Waals surface area contributed by atoms with Gasteiger partial charge in [0.2, 0.25) is 0 Å². The highest BCUT2D eigenvalue weighted by Crippen LogP contribution is 2.32. The second-order valence-corrected chi connectivity index (χ2v) is 5.13. The van der Waals surface area contributed by atoms with Crippen molar-refractivity contribution in [3.05, 3.63) is 47.8 Å². The van der Waals surface area contributed by atoms with Gasteiger partial charge in [0.15, 0.2) is 0 Å². The number of methoxy groups -OCH3 is 1. The molecular weight excluding hydrogens is 298 g/mol. The Bertz CT molecular complexity index is 700. The monoisotopic (exact) mass is 315 g/mol. The molecule has 1 aliphatic heterocycles. The van der Waals surface area contributed by atoms with Gasteiger partial charge in [0, 0.05) is 31.1 Å². The third-order valence-electron chi connectivity index (χ3n) is 3.80. The molecule has 2 amide bonds. The van der Waals surface area contributed by atoms with Crippen molar-refractivity contribution in [3.8, 4) is 0 Å². The standard InChI is InChI=1S/C15H17N5O3/c1-23-12(21)8-17-15(22)20-6-4-11-13(19-9-18-11)14(20)10-3-2-5-16-7-10/h2-3,5,7,9,14H,4,6,8H2,1H3,(H,17,22)(H,18,19)/t14-/m1/s1. The summed E-state index contributed by atoms with van der Waals surface area (Å²) in [6.45, 7) is 0.348. The fourth-order valence-electron chi connectivity index (χ4n) is 2.69. The van der Waals surface area contributed by atoms with E-state index in [1.54, 1.807) is 23.6 Å². The van der Waals surface area contributed by atoms with E-state index in [0.717, 1.165) is 17.0 Å². The molecule has 8 nitrogen and oxygen atoms in total. The second kappa shape index (κ2) is 6.47. The minimum Gasteiger partial charge on any atom is -0.468 e. The number of hydrogen-bond acceptors (Lipinski definition) is 5. The molecule has 0 bridgehead atoms. The van der Waals surface area contributed by atoms with Crippen molar-refractivity contribution >= 4 is 12.0 Å². The normalized spacial score (nSPS) is 16.6. The first-order chi connectivity index (χ1) is 11.2. The number of pyridine rings is 1. The van der Waals surface area contributed by atoms with Gasteiger partial charge in [-0.2, -0.15) is 0 Å². The zero-order chi connectivity index (χ0) is 16.2. The first kappa shape index (κ1) is 15.0. The molecule has 0 radical (unpaired) electrons. The van der Waals surface area contributed by atoms with Gasteiger partial charge in [0.1, 0.15) is 12.6 Å². The predicted molar refractivity (Wildman–Crippen MR) is 80.5 cm³/mol. The van der Waals surface area contributed by atoms with Crippen molar-refractivity contribution in [2.45, 2.75) is 12.5 Å². The van der Waals surface area contributed by atoms with E-state index >= 15 is 0 Å². The summed E-state index contributed by atoms with van der Waals surface area (Å²) in [6.07, 6.45) is 5.70. The molecule has 0 fully saturated rings. The Morgan fingerprint density at radius 2 is 2.39 bits per heavy atom. The van der Waals surface area contributed by atoms with Gasteiger partial charge in [-0.05, 0) is 11.6 Å². The van der Waals surface area contributed by atoms with E-state index in [0.29, 0.717) is 13.0 Å². The number of ether oxygens (including phenoxy) is 1. The van der Waals surface area contributed by atoms with E-state index in [1.165, 1.54) is 7.11 Å². The Morgan fingerprint density at radius 3 is 3.13 bits per heavy atom. The molecule has 0 saturated heterocycles. The van der Waals surface area contributed by atoms with Crippen molar-refractivity contribution in [2.24, 2.45) is 0 Å². The summed E-state index contributed by atoms with van der Waals surface area (Å²) >= 11 is 0. The summed E-state index contributed by atoms with van der Waals surface area (Å²) in [7, 11) is 1.28. The molecule has 2 aromatic rings. The molecule has 0 aliphatic carbocycles. The number of aromatic amines is 1. The zero-order valence-electron chi connectivity index (χ0n) is 12.7. The van der Waals surface area contributed by atoms with Crippen molar-refractivity contribution in [1.82, 2.24) is 25.2 Å². The van der Waals surface area contributed by atoms with E-state index in [2.05, 4.69) is 25.0 Å². The van der Waals surface area contributed by atoms with Gasteiger partial charge < -0.3 is 19.9 Å². The molecule has 0 aromatic carbocycles. The highest BCUT2D eigenvalue weighted by molar-refractivity contribution is 5.81. The molecule has 1 aliphatic rings. The smallest absolute Gasteiger partial charge is 0.325 e. The summed E-state index contributed by atoms with van der Waals surface area (Å²) in [5.41, 5.74) is 2.68. The maximum atomic E-state index is 12.5. The fourth-order valence-corrected chi connectivity index (χ4v) is 2.69. The number of urea groups is 1. The van der Waals surface area contributed by atoms with E-state index < -0.39 is 5.97 Å². The number of imidazole rings is 1. The van der Waals surface area contributed by atoms with Crippen molar-refractivity contribution in [3.63, 3.8) is 0 Å². The summed E-state index contributed by atoms with van der Waals surface area (Å²) in [5.74, 6) is -0.492. The Hall–Kier alpha value is -2.90. The number of esters is 1. The van der Waals surface area contributed by atoms with Crippen LogP contribution >= 0.6 is 0 Å². The predicted octanol–water partition coefficient (Wildman–Crippen LogP) is 0.635. The Balaban J connectivity index is 1.87. The highest BCUT2D eigenvalue weighted by atomic mass is 16.5. The third-order valence-corrected chi connectivity index (χ3v) is 3.80. The quantitative estimate of drug-likeness (QED) is 0.809. The summed E-state index contributed by atoms with van der Waals surface area (Å²) in [5, 5.41) is 2.58. The number of rotatable bonds is 3. The first-order valence-electron chi connectivity index (χ1n) is 7.24. The summed E-state index contributed by atoms with van der Waals surface area (Å²) in [4.78, 5) is 37.0. The van der Waals surface area contributed by atoms with Crippen LogP contribution in [0.4, 0.5) is 4.79 Å². The molecule has 1 atom stereocenters. The number of nitrogens with zero attached hydrogens (tertiary/aromatic N) is 3. The Morgan fingerprint density at radius 1 is 1.52 bits per heavy atom. The van der Waals surface area contributed by atoms with Gasteiger partial charge in [-0.1, -0.05) is 6.07 Å². The van der Waals surface area contributed by atoms with Gasteiger partial charge in [-0.3, -0.25) is 9.78 Å². The topological polar surface area (TPSA) is 100 Å². The van der Waals surface area contributed by atoms with E-state index in [-0.39, 0.29) is 18.6 Å². The van der Waals surface area contributed by atoms with Crippen LogP contribution in [-0.2, 0) is 16.0 Å². The van der Waals surface area contributed by atoms with E-state index in [9.17, 15) is 9.59 Å². The average molecular weight is 315 g/mol. The van der Waals surface area contributed by atoms with Crippen LogP contribution < -0.4 is 5.32 Å². The molecule has 0 spiro atoms. The van der Waals surface area contributed by atoms with Crippen LogP contribution in [0.2, 0.25) is 0 Å². The van der Waals surface area contributed by atoms with Crippen LogP contribution in [0.5, 0.6) is 0 Å². The van der Waals surface area contributed by atoms with Crippen LogP contribution in [0.15, 0.2) is 30.9 Å². The van der Waals surface area contributed by atoms with Gasteiger partial charge in [-0.15, -0.1) is 0 Å². The van der Waals surface area contributed by atoms with E-state index in [4.69, 9.17) is 0 Å². The Kier molecular flexibility index (Phi) is 4.22. The van der Waals surface area contributed by atoms with Gasteiger partial charge in [0.05, 0.1) is 19.1 Å². The van der Waals surface area contributed by atoms with Crippen LogP contribution in [-0.4, -0.2) is 52.1 Å². The van der Waals surface area contributed by atoms with Gasteiger partial charge >= 0.3 is 12.0 Å². The molecule has 3 rings (SSSR count). The summed E-state index contributed by atoms with van der Waals surface area (Å²) in [6, 6.07) is 3.05. The third kappa shape index (κ3) is 3.01. The number of carbonyl (C=O) groups is 2. The largest absolute Gasteiger partial charge is 0.468 e. The molecular formula is C15H17N5O3. The number of H-pyrrole nitrogens is 1. The first-order valence-corrected chi connectivity index (χ1v) is 7.24. The highest BCUT2D eigenvalue weighted by Gasteiger charge is 2.34. The lowest BCUT2D eigenvalue weighted by molar-refractivity contribution is -0.139. The summed E-state index contributed by atoms with van der Waals surface area (Å²) < 4.78 is 4.54. The molecule has 23 heavy (non-hydrogen) atoms. The lowest BCUT2D eigenvalue weighted by Gasteiger charge is -2.34. The number of hydrogen-bond donors (Lipinski definition) is 2. The number of aromatic nitrogens is 3. The maximum Gasteiger partial charge on any atom is 0.325 e. The molecule has 0 unspecified atom stereocenters. The van der Waals surface area contributed by atoms with Crippen LogP contribution in [0.3, 0.4) is 0 Å². The zero-order valence-corrected chi connectivity index (χ0v) is 12.7. The number of nitrogens with one attached hydrogen (secondary N) is 2. The molecule has 0 saturated carbocycles. The minimum atomic E-state index is -0.492. The number of fused-ring (bicyclic) bond motifs is 1. The van der Waals surface area contributed by atoms with Crippen molar-refractivity contribution in [2.75, 3.05) is 20.2 Å². The Labute approximate surface area is 132 Å². The lowest BCUT2D eigenvalue weighted by atomic mass is 9.97. The molecule has 2 N–H and O–H groups in total. The van der Waals surface area contributed by atoms with Gasteiger partial charge in [-0.25, -0.2) is 9.78 Å². The molecule has 8 heteroatoms. The van der Waals surface area contributed by atoms with Crippen LogP contribution in [0, 0.1) is 0 Å². The minimum absolute atomic E-state index is 0.168. The number of carbonyl (C=O) groups excluding carboxylic acids is 2. The molecule has 2 aromatic heterocycles. The average Bonchev–Trinajstić information content (AvgIpc) is 3.07. The van der Waals surface area contributed by atoms with Crippen LogP contribution in [0.25, 0.3) is 0 Å². The maximum absolute atomic E-state index is 12.5. The van der Waals surface area contributed by atoms with E-state index in [1.807, 2.05) is 12.1 Å². The SMILES string of the molecule is COC(=O)CNC(=O)N1CCc2[nH]cnc2[C@H]1c1cccnc1. The van der Waals surface area contributed by atoms with Crippen LogP contribution in [0.1, 0.15) is 23.0 Å². The lowest BCUT2D eigenvalue weighted by Crippen LogP contribution is -2.47. The van der Waals surface area contributed by atoms with Gasteiger partial charge in [0.25, 0.3) is 0 Å². The molecule has 120 valence electrons. The van der Waals surface area contributed by atoms with Crippen molar-refractivity contribution < 1.29 is 14.3 Å². The molecule has 3 heterocycles. The second-order valence-electron chi connectivity index (χ2n) is 5.13.